The van der Waals surface area contributed by atoms with Crippen molar-refractivity contribution in [3.63, 3.8) is 0 Å². The number of aliphatic hydroxyl groups is 1. The molecule has 0 radical (unpaired) electrons. The van der Waals surface area contributed by atoms with Gasteiger partial charge < -0.3 is 5.11 Å². The van der Waals surface area contributed by atoms with Crippen LogP contribution in [-0.4, -0.2) is 11.2 Å². The van der Waals surface area contributed by atoms with Crippen LogP contribution in [0.4, 0.5) is 0 Å². The fraction of sp³-hybridized carbons (Fsp3) is 0.385. The van der Waals surface area contributed by atoms with E-state index in [1.54, 1.807) is 0 Å². The summed E-state index contributed by atoms with van der Waals surface area (Å²) in [6, 6.07) is 13.5. The van der Waals surface area contributed by atoms with Crippen molar-refractivity contribution in [3.8, 4) is 12.1 Å². The van der Waals surface area contributed by atoms with Gasteiger partial charge in [0.05, 0.1) is 18.2 Å². The summed E-state index contributed by atoms with van der Waals surface area (Å²) in [6.07, 6.45) is 0.361. The Kier molecular flexibility index (Phi) is 2.64. The van der Waals surface area contributed by atoms with Crippen molar-refractivity contribution < 1.29 is 5.11 Å². The van der Waals surface area contributed by atoms with Gasteiger partial charge in [0.25, 0.3) is 0 Å². The molecular formula is C13H12N2O. The molecule has 1 N–H and O–H groups in total. The van der Waals surface area contributed by atoms with Gasteiger partial charge in [-0.15, -0.1) is 0 Å². The molecule has 1 aromatic rings. The van der Waals surface area contributed by atoms with Gasteiger partial charge in [-0.3, -0.25) is 0 Å². The van der Waals surface area contributed by atoms with Crippen LogP contribution in [0.5, 0.6) is 0 Å². The molecule has 3 heteroatoms. The van der Waals surface area contributed by atoms with Crippen molar-refractivity contribution in [3.05, 3.63) is 35.9 Å². The Morgan fingerprint density at radius 1 is 1.12 bits per heavy atom. The van der Waals surface area contributed by atoms with Crippen molar-refractivity contribution in [1.82, 2.24) is 0 Å². The van der Waals surface area contributed by atoms with Crippen molar-refractivity contribution in [2.24, 2.45) is 5.41 Å². The molecule has 0 amide bonds. The summed E-state index contributed by atoms with van der Waals surface area (Å²) in [6.45, 7) is 0. The van der Waals surface area contributed by atoms with Gasteiger partial charge in [0.2, 0.25) is 0 Å². The van der Waals surface area contributed by atoms with E-state index in [1.165, 1.54) is 0 Å². The quantitative estimate of drug-likeness (QED) is 0.773. The van der Waals surface area contributed by atoms with Crippen LogP contribution >= 0.6 is 0 Å². The van der Waals surface area contributed by atoms with Crippen LogP contribution in [0.1, 0.15) is 24.3 Å². The number of hydrogen-bond donors (Lipinski definition) is 1. The minimum Gasteiger partial charge on any atom is -0.390 e. The van der Waals surface area contributed by atoms with Crippen molar-refractivity contribution in [1.29, 1.82) is 10.5 Å². The summed E-state index contributed by atoms with van der Waals surface area (Å²) in [4.78, 5) is 0. The Hall–Kier alpha value is -1.84. The predicted molar refractivity (Wildman–Crippen MR) is 58.1 cm³/mol. The van der Waals surface area contributed by atoms with Crippen molar-refractivity contribution in [2.75, 3.05) is 0 Å². The second kappa shape index (κ2) is 3.96. The zero-order valence-corrected chi connectivity index (χ0v) is 8.80. The lowest BCUT2D eigenvalue weighted by molar-refractivity contribution is 0.118. The lowest BCUT2D eigenvalue weighted by atomic mass is 9.75. The Balaban J connectivity index is 2.45. The molecule has 1 aliphatic rings. The highest BCUT2D eigenvalue weighted by Gasteiger charge is 2.51. The van der Waals surface area contributed by atoms with E-state index in [0.717, 1.165) is 5.56 Å². The number of nitrogens with zero attached hydrogens (tertiary/aromatic N) is 2. The van der Waals surface area contributed by atoms with Crippen LogP contribution in [-0.2, 0) is 0 Å². The molecular weight excluding hydrogens is 200 g/mol. The maximum Gasteiger partial charge on any atom is 0.176 e. The molecule has 0 heterocycles. The Labute approximate surface area is 94.6 Å². The summed E-state index contributed by atoms with van der Waals surface area (Å²) in [5.74, 6) is -0.182. The predicted octanol–water partition coefficient (Wildman–Crippen LogP) is 1.96. The summed E-state index contributed by atoms with van der Waals surface area (Å²) in [5.41, 5.74) is -0.316. The van der Waals surface area contributed by atoms with Crippen LogP contribution in [0, 0.1) is 28.1 Å². The Morgan fingerprint density at radius 3 is 2.31 bits per heavy atom. The fourth-order valence-corrected chi connectivity index (χ4v) is 2.46. The maximum absolute atomic E-state index is 9.83. The molecule has 0 aromatic heterocycles. The lowest BCUT2D eigenvalue weighted by Crippen LogP contribution is -2.31. The molecule has 2 atom stereocenters. The van der Waals surface area contributed by atoms with Crippen LogP contribution < -0.4 is 0 Å². The smallest absolute Gasteiger partial charge is 0.176 e. The number of rotatable bonds is 1. The second-order valence-electron chi connectivity index (χ2n) is 4.15. The van der Waals surface area contributed by atoms with Gasteiger partial charge in [-0.1, -0.05) is 30.3 Å². The second-order valence-corrected chi connectivity index (χ2v) is 4.15. The molecule has 0 spiro atoms. The molecule has 1 saturated carbocycles. The molecule has 2 rings (SSSR count). The first-order valence-corrected chi connectivity index (χ1v) is 5.30. The summed E-state index contributed by atoms with van der Waals surface area (Å²) < 4.78 is 0. The highest BCUT2D eigenvalue weighted by molar-refractivity contribution is 5.34. The van der Waals surface area contributed by atoms with Crippen LogP contribution in [0.2, 0.25) is 0 Å². The van der Waals surface area contributed by atoms with Crippen molar-refractivity contribution >= 4 is 0 Å². The molecule has 80 valence electrons. The summed E-state index contributed by atoms with van der Waals surface area (Å²) in [7, 11) is 0. The Morgan fingerprint density at radius 2 is 1.75 bits per heavy atom. The molecule has 1 aromatic carbocycles. The first kappa shape index (κ1) is 10.7. The van der Waals surface area contributed by atoms with E-state index in [2.05, 4.69) is 0 Å². The number of benzene rings is 1. The number of hydrogen-bond acceptors (Lipinski definition) is 3. The SMILES string of the molecule is N#CC1(C#N)C(O)CCC1c1ccccc1. The average Bonchev–Trinajstić information content (AvgIpc) is 2.68. The van der Waals surface area contributed by atoms with E-state index in [-0.39, 0.29) is 5.92 Å². The van der Waals surface area contributed by atoms with Crippen molar-refractivity contribution in [2.45, 2.75) is 24.9 Å². The van der Waals surface area contributed by atoms with E-state index in [0.29, 0.717) is 12.8 Å². The highest BCUT2D eigenvalue weighted by Crippen LogP contribution is 2.48. The summed E-state index contributed by atoms with van der Waals surface area (Å²) in [5, 5.41) is 28.2. The third kappa shape index (κ3) is 1.38. The topological polar surface area (TPSA) is 67.8 Å². The largest absolute Gasteiger partial charge is 0.390 e. The fourth-order valence-electron chi connectivity index (χ4n) is 2.46. The van der Waals surface area contributed by atoms with Gasteiger partial charge in [-0.2, -0.15) is 10.5 Å². The van der Waals surface area contributed by atoms with Crippen LogP contribution in [0.3, 0.4) is 0 Å². The molecule has 1 aliphatic carbocycles. The standard InChI is InChI=1S/C13H12N2O/c14-8-13(9-15)11(6-7-12(13)16)10-4-2-1-3-5-10/h1-5,11-12,16H,6-7H2. The van der Waals surface area contributed by atoms with E-state index >= 15 is 0 Å². The van der Waals surface area contributed by atoms with Crippen LogP contribution in [0.15, 0.2) is 30.3 Å². The van der Waals surface area contributed by atoms with Gasteiger partial charge in [-0.25, -0.2) is 0 Å². The van der Waals surface area contributed by atoms with Gasteiger partial charge >= 0.3 is 0 Å². The molecule has 2 unspecified atom stereocenters. The van der Waals surface area contributed by atoms with Gasteiger partial charge in [-0.05, 0) is 18.4 Å². The lowest BCUT2D eigenvalue weighted by Gasteiger charge is -2.24. The average molecular weight is 212 g/mol. The van der Waals surface area contributed by atoms with Crippen LogP contribution in [0.25, 0.3) is 0 Å². The minimum atomic E-state index is -1.28. The van der Waals surface area contributed by atoms with Gasteiger partial charge in [0.15, 0.2) is 5.41 Å². The molecule has 0 saturated heterocycles. The Bertz CT molecular complexity index is 441. The molecule has 1 fully saturated rings. The van der Waals surface area contributed by atoms with Gasteiger partial charge in [0, 0.05) is 5.92 Å². The van der Waals surface area contributed by atoms with E-state index < -0.39 is 11.5 Å². The molecule has 16 heavy (non-hydrogen) atoms. The third-order valence-electron chi connectivity index (χ3n) is 3.38. The monoisotopic (exact) mass is 212 g/mol. The first-order valence-electron chi connectivity index (χ1n) is 5.30. The molecule has 0 aliphatic heterocycles. The van der Waals surface area contributed by atoms with E-state index in [1.807, 2.05) is 42.5 Å². The number of aliphatic hydroxyl groups excluding tert-OH is 1. The molecule has 3 nitrogen and oxygen atoms in total. The minimum absolute atomic E-state index is 0.182. The van der Waals surface area contributed by atoms with E-state index in [9.17, 15) is 15.6 Å². The van der Waals surface area contributed by atoms with E-state index in [4.69, 9.17) is 0 Å². The maximum atomic E-state index is 9.83. The molecule has 0 bridgehead atoms. The zero-order valence-electron chi connectivity index (χ0n) is 8.80. The number of nitriles is 2. The first-order chi connectivity index (χ1) is 7.74. The third-order valence-corrected chi connectivity index (χ3v) is 3.38. The van der Waals surface area contributed by atoms with Gasteiger partial charge in [0.1, 0.15) is 0 Å². The highest BCUT2D eigenvalue weighted by atomic mass is 16.3. The normalized spacial score (nSPS) is 26.9. The summed E-state index contributed by atoms with van der Waals surface area (Å²) >= 11 is 0. The zero-order chi connectivity index (χ0) is 11.6.